The standard InChI is InChI=1S/C21H28N2O4/c1-27-17-6-2-15(3-7-17)13-23-14-21(12-18(23)20(25)26)8-10-22(11-9-21)19(24)16-4-5-16/h2-3,6-7,16,18H,4-5,8-14H2,1H3,(H,25,26)/t18-/m0/s1. The highest BCUT2D eigenvalue weighted by Crippen LogP contribution is 2.45. The van der Waals surface area contributed by atoms with Crippen LogP contribution in [0.25, 0.3) is 0 Å². The number of hydrogen-bond donors (Lipinski definition) is 1. The van der Waals surface area contributed by atoms with Gasteiger partial charge in [-0.3, -0.25) is 14.5 Å². The molecule has 1 N–H and O–H groups in total. The van der Waals surface area contributed by atoms with Crippen LogP contribution in [0.3, 0.4) is 0 Å². The quantitative estimate of drug-likeness (QED) is 0.859. The Morgan fingerprint density at radius 3 is 2.41 bits per heavy atom. The molecule has 1 aromatic carbocycles. The number of carboxylic acid groups (broad SMARTS) is 1. The van der Waals surface area contributed by atoms with Crippen LogP contribution in [0.4, 0.5) is 0 Å². The molecule has 2 heterocycles. The zero-order valence-electron chi connectivity index (χ0n) is 15.9. The smallest absolute Gasteiger partial charge is 0.320 e. The summed E-state index contributed by atoms with van der Waals surface area (Å²) >= 11 is 0. The van der Waals surface area contributed by atoms with Crippen molar-refractivity contribution in [3.63, 3.8) is 0 Å². The number of carbonyl (C=O) groups excluding carboxylic acids is 1. The van der Waals surface area contributed by atoms with E-state index in [9.17, 15) is 14.7 Å². The molecule has 6 nitrogen and oxygen atoms in total. The summed E-state index contributed by atoms with van der Waals surface area (Å²) in [5, 5.41) is 9.75. The summed E-state index contributed by atoms with van der Waals surface area (Å²) < 4.78 is 5.20. The number of rotatable bonds is 5. The largest absolute Gasteiger partial charge is 0.497 e. The van der Waals surface area contributed by atoms with Gasteiger partial charge in [0.15, 0.2) is 0 Å². The third kappa shape index (κ3) is 3.81. The summed E-state index contributed by atoms with van der Waals surface area (Å²) in [5.41, 5.74) is 1.12. The van der Waals surface area contributed by atoms with E-state index >= 15 is 0 Å². The average molecular weight is 372 g/mol. The Balaban J connectivity index is 1.42. The Morgan fingerprint density at radius 1 is 1.19 bits per heavy atom. The number of likely N-dealkylation sites (tertiary alicyclic amines) is 2. The summed E-state index contributed by atoms with van der Waals surface area (Å²) in [6.07, 6.45) is 4.58. The lowest BCUT2D eigenvalue weighted by molar-refractivity contribution is -0.142. The Kier molecular flexibility index (Phi) is 4.84. The van der Waals surface area contributed by atoms with Crippen LogP contribution >= 0.6 is 0 Å². The molecule has 0 unspecified atom stereocenters. The molecule has 1 aromatic rings. The van der Waals surface area contributed by atoms with Gasteiger partial charge in [0.25, 0.3) is 0 Å². The highest BCUT2D eigenvalue weighted by molar-refractivity contribution is 5.81. The third-order valence-corrected chi connectivity index (χ3v) is 6.50. The first-order valence-corrected chi connectivity index (χ1v) is 9.88. The number of benzene rings is 1. The van der Waals surface area contributed by atoms with Crippen molar-refractivity contribution in [1.29, 1.82) is 0 Å². The predicted molar refractivity (Wildman–Crippen MR) is 100 cm³/mol. The highest BCUT2D eigenvalue weighted by atomic mass is 16.5. The number of methoxy groups -OCH3 is 1. The molecule has 6 heteroatoms. The maximum absolute atomic E-state index is 12.3. The van der Waals surface area contributed by atoms with E-state index < -0.39 is 12.0 Å². The number of carbonyl (C=O) groups is 2. The monoisotopic (exact) mass is 372 g/mol. The van der Waals surface area contributed by atoms with Crippen LogP contribution in [-0.2, 0) is 16.1 Å². The van der Waals surface area contributed by atoms with Gasteiger partial charge in [0.05, 0.1) is 7.11 Å². The normalized spacial score (nSPS) is 24.9. The molecule has 1 amide bonds. The van der Waals surface area contributed by atoms with Crippen LogP contribution in [0.2, 0.25) is 0 Å². The molecular weight excluding hydrogens is 344 g/mol. The van der Waals surface area contributed by atoms with Crippen molar-refractivity contribution in [3.05, 3.63) is 29.8 Å². The second kappa shape index (κ2) is 7.15. The maximum atomic E-state index is 12.3. The maximum Gasteiger partial charge on any atom is 0.320 e. The Labute approximate surface area is 160 Å². The molecule has 3 aliphatic rings. The zero-order valence-corrected chi connectivity index (χ0v) is 15.9. The SMILES string of the molecule is COc1ccc(CN2CC3(CCN(C(=O)C4CC4)CC3)C[C@H]2C(=O)O)cc1. The van der Waals surface area contributed by atoms with Gasteiger partial charge in [-0.1, -0.05) is 12.1 Å². The van der Waals surface area contributed by atoms with E-state index in [1.54, 1.807) is 7.11 Å². The molecule has 4 rings (SSSR count). The second-order valence-electron chi connectivity index (χ2n) is 8.41. The topological polar surface area (TPSA) is 70.1 Å². The molecule has 3 fully saturated rings. The van der Waals surface area contributed by atoms with Gasteiger partial charge in [-0.2, -0.15) is 0 Å². The van der Waals surface area contributed by atoms with Crippen molar-refractivity contribution in [2.45, 2.75) is 44.7 Å². The molecule has 1 atom stereocenters. The first-order chi connectivity index (χ1) is 13.0. The summed E-state index contributed by atoms with van der Waals surface area (Å²) in [5.74, 6) is 0.643. The number of piperidine rings is 1. The molecular formula is C21H28N2O4. The minimum Gasteiger partial charge on any atom is -0.497 e. The molecule has 0 bridgehead atoms. The van der Waals surface area contributed by atoms with E-state index in [0.717, 1.165) is 56.6 Å². The number of nitrogens with zero attached hydrogens (tertiary/aromatic N) is 2. The van der Waals surface area contributed by atoms with Gasteiger partial charge < -0.3 is 14.7 Å². The van der Waals surface area contributed by atoms with Crippen molar-refractivity contribution in [2.24, 2.45) is 11.3 Å². The highest BCUT2D eigenvalue weighted by Gasteiger charge is 2.49. The minimum absolute atomic E-state index is 0.0237. The van der Waals surface area contributed by atoms with E-state index in [-0.39, 0.29) is 11.3 Å². The van der Waals surface area contributed by atoms with Gasteiger partial charge in [-0.15, -0.1) is 0 Å². The Hall–Kier alpha value is -2.08. The van der Waals surface area contributed by atoms with Crippen LogP contribution in [0, 0.1) is 11.3 Å². The van der Waals surface area contributed by atoms with Crippen molar-refractivity contribution in [2.75, 3.05) is 26.7 Å². The number of hydrogen-bond acceptors (Lipinski definition) is 4. The molecule has 0 aromatic heterocycles. The molecule has 1 aliphatic carbocycles. The summed E-state index contributed by atoms with van der Waals surface area (Å²) in [6, 6.07) is 7.38. The number of aliphatic carboxylic acids is 1. The predicted octanol–water partition coefficient (Wildman–Crippen LogP) is 2.37. The van der Waals surface area contributed by atoms with Gasteiger partial charge in [0, 0.05) is 32.1 Å². The van der Waals surface area contributed by atoms with Gasteiger partial charge >= 0.3 is 5.97 Å². The average Bonchev–Trinajstić information content (AvgIpc) is 3.46. The summed E-state index contributed by atoms with van der Waals surface area (Å²) in [4.78, 5) is 28.3. The first-order valence-electron chi connectivity index (χ1n) is 9.88. The fourth-order valence-corrected chi connectivity index (χ4v) is 4.67. The lowest BCUT2D eigenvalue weighted by Gasteiger charge is -2.39. The van der Waals surface area contributed by atoms with Crippen LogP contribution in [0.15, 0.2) is 24.3 Å². The Bertz CT molecular complexity index is 705. The van der Waals surface area contributed by atoms with Gasteiger partial charge in [0.1, 0.15) is 11.8 Å². The number of amides is 1. The second-order valence-corrected chi connectivity index (χ2v) is 8.41. The molecule has 0 radical (unpaired) electrons. The van der Waals surface area contributed by atoms with Crippen molar-refractivity contribution >= 4 is 11.9 Å². The van der Waals surface area contributed by atoms with Crippen molar-refractivity contribution in [1.82, 2.24) is 9.80 Å². The van der Waals surface area contributed by atoms with Crippen molar-refractivity contribution in [3.8, 4) is 5.75 Å². The van der Waals surface area contributed by atoms with Gasteiger partial charge in [-0.05, 0) is 55.2 Å². The number of carboxylic acids is 1. The fraction of sp³-hybridized carbons (Fsp3) is 0.619. The Morgan fingerprint density at radius 2 is 1.85 bits per heavy atom. The molecule has 2 aliphatic heterocycles. The molecule has 1 saturated carbocycles. The molecule has 27 heavy (non-hydrogen) atoms. The lowest BCUT2D eigenvalue weighted by atomic mass is 9.76. The van der Waals surface area contributed by atoms with Crippen LogP contribution < -0.4 is 4.74 Å². The fourth-order valence-electron chi connectivity index (χ4n) is 4.67. The van der Waals surface area contributed by atoms with E-state index in [1.807, 2.05) is 29.2 Å². The van der Waals surface area contributed by atoms with Crippen LogP contribution in [-0.4, -0.2) is 59.6 Å². The van der Waals surface area contributed by atoms with E-state index in [1.165, 1.54) is 0 Å². The van der Waals surface area contributed by atoms with E-state index in [0.29, 0.717) is 18.9 Å². The lowest BCUT2D eigenvalue weighted by Crippen LogP contribution is -2.44. The molecule has 146 valence electrons. The minimum atomic E-state index is -0.739. The van der Waals surface area contributed by atoms with Crippen molar-refractivity contribution < 1.29 is 19.4 Å². The van der Waals surface area contributed by atoms with Gasteiger partial charge in [0.2, 0.25) is 5.91 Å². The third-order valence-electron chi connectivity index (χ3n) is 6.50. The molecule has 2 saturated heterocycles. The van der Waals surface area contributed by atoms with Gasteiger partial charge in [-0.25, -0.2) is 0 Å². The van der Waals surface area contributed by atoms with Crippen LogP contribution in [0.5, 0.6) is 5.75 Å². The summed E-state index contributed by atoms with van der Waals surface area (Å²) in [7, 11) is 1.64. The van der Waals surface area contributed by atoms with E-state index in [2.05, 4.69) is 4.90 Å². The summed E-state index contributed by atoms with van der Waals surface area (Å²) in [6.45, 7) is 2.98. The number of ether oxygens (including phenoxy) is 1. The van der Waals surface area contributed by atoms with E-state index in [4.69, 9.17) is 4.74 Å². The van der Waals surface area contributed by atoms with Crippen LogP contribution in [0.1, 0.15) is 37.7 Å². The molecule has 1 spiro atoms. The first kappa shape index (κ1) is 18.3. The zero-order chi connectivity index (χ0) is 19.0.